The molecule has 0 spiro atoms. The summed E-state index contributed by atoms with van der Waals surface area (Å²) in [4.78, 5) is 27.5. The summed E-state index contributed by atoms with van der Waals surface area (Å²) < 4.78 is 3.08. The molecule has 3 aromatic heterocycles. The fourth-order valence-corrected chi connectivity index (χ4v) is 5.74. The van der Waals surface area contributed by atoms with Crippen LogP contribution in [0.1, 0.15) is 31.7 Å². The molecule has 160 valence electrons. The van der Waals surface area contributed by atoms with Gasteiger partial charge in [-0.1, -0.05) is 12.6 Å². The second-order valence-electron chi connectivity index (χ2n) is 8.11. The molecule has 0 saturated heterocycles. The van der Waals surface area contributed by atoms with Crippen LogP contribution in [0.3, 0.4) is 0 Å². The van der Waals surface area contributed by atoms with E-state index >= 15 is 0 Å². The maximum absolute atomic E-state index is 12.4. The SMILES string of the molecule is C=CC(=O)N1CCCC2=C1CCC2n1nc(-c2ccc3ncsc3c2)c2c(N)ncnc21. The summed E-state index contributed by atoms with van der Waals surface area (Å²) in [5, 5.41) is 5.80. The van der Waals surface area contributed by atoms with Crippen LogP contribution in [-0.4, -0.2) is 42.1 Å². The smallest absolute Gasteiger partial charge is 0.250 e. The maximum Gasteiger partial charge on any atom is 0.250 e. The lowest BCUT2D eigenvalue weighted by Crippen LogP contribution is -2.32. The van der Waals surface area contributed by atoms with Crippen LogP contribution in [0.4, 0.5) is 5.82 Å². The molecule has 2 N–H and O–H groups in total. The van der Waals surface area contributed by atoms with Crippen molar-refractivity contribution in [3.05, 3.63) is 54.0 Å². The number of carbonyl (C=O) groups is 1. The molecule has 0 bridgehead atoms. The summed E-state index contributed by atoms with van der Waals surface area (Å²) in [6.45, 7) is 4.41. The largest absolute Gasteiger partial charge is 0.383 e. The van der Waals surface area contributed by atoms with Crippen molar-refractivity contribution >= 4 is 44.3 Å². The molecule has 1 amide bonds. The zero-order valence-corrected chi connectivity index (χ0v) is 18.2. The first-order valence-electron chi connectivity index (χ1n) is 10.6. The Morgan fingerprint density at radius 3 is 3.03 bits per heavy atom. The normalized spacial score (nSPS) is 18.5. The highest BCUT2D eigenvalue weighted by Gasteiger charge is 2.36. The first-order chi connectivity index (χ1) is 15.7. The van der Waals surface area contributed by atoms with Gasteiger partial charge in [-0.05, 0) is 49.5 Å². The van der Waals surface area contributed by atoms with Crippen LogP contribution in [0.5, 0.6) is 0 Å². The minimum absolute atomic E-state index is 0.0340. The van der Waals surface area contributed by atoms with E-state index in [4.69, 9.17) is 10.8 Å². The van der Waals surface area contributed by atoms with E-state index in [0.29, 0.717) is 5.82 Å². The third kappa shape index (κ3) is 2.77. The highest BCUT2D eigenvalue weighted by Crippen LogP contribution is 2.44. The Bertz CT molecular complexity index is 1430. The van der Waals surface area contributed by atoms with Crippen LogP contribution in [0.15, 0.2) is 54.0 Å². The van der Waals surface area contributed by atoms with Crippen molar-refractivity contribution in [1.29, 1.82) is 0 Å². The molecule has 9 heteroatoms. The lowest BCUT2D eigenvalue weighted by atomic mass is 10.0. The number of allylic oxidation sites excluding steroid dienone is 2. The molecule has 0 saturated carbocycles. The minimum atomic E-state index is -0.0340. The number of hydrogen-bond donors (Lipinski definition) is 1. The van der Waals surface area contributed by atoms with Gasteiger partial charge in [-0.3, -0.25) is 4.79 Å². The van der Waals surface area contributed by atoms with E-state index in [2.05, 4.69) is 27.6 Å². The molecule has 2 aliphatic rings. The maximum atomic E-state index is 12.4. The monoisotopic (exact) mass is 443 g/mol. The summed E-state index contributed by atoms with van der Waals surface area (Å²) in [6.07, 6.45) is 6.48. The van der Waals surface area contributed by atoms with Gasteiger partial charge >= 0.3 is 0 Å². The van der Waals surface area contributed by atoms with E-state index in [-0.39, 0.29) is 11.9 Å². The zero-order chi connectivity index (χ0) is 21.8. The Kier molecular flexibility index (Phi) is 4.32. The van der Waals surface area contributed by atoms with Gasteiger partial charge in [0.15, 0.2) is 5.65 Å². The van der Waals surface area contributed by atoms with Gasteiger partial charge in [-0.15, -0.1) is 11.3 Å². The number of benzene rings is 1. The predicted octanol–water partition coefficient (Wildman–Crippen LogP) is 4.08. The summed E-state index contributed by atoms with van der Waals surface area (Å²) >= 11 is 1.60. The van der Waals surface area contributed by atoms with Crippen LogP contribution >= 0.6 is 11.3 Å². The highest BCUT2D eigenvalue weighted by atomic mass is 32.1. The van der Waals surface area contributed by atoms with Crippen LogP contribution in [-0.2, 0) is 4.79 Å². The van der Waals surface area contributed by atoms with Gasteiger partial charge in [-0.25, -0.2) is 19.6 Å². The minimum Gasteiger partial charge on any atom is -0.383 e. The molecule has 4 aromatic rings. The number of nitrogens with zero attached hydrogens (tertiary/aromatic N) is 6. The topological polar surface area (TPSA) is 103 Å². The lowest BCUT2D eigenvalue weighted by Gasteiger charge is -2.29. The standard InChI is InChI=1S/C23H21N7OS/c1-2-19(31)29-9-3-4-14-16(29)7-8-17(14)30-23-20(22(24)25-11-26-23)21(28-30)13-5-6-15-18(10-13)32-12-27-15/h2,5-6,10-12,17H,1,3-4,7-9H2,(H2,24,25,26). The molecule has 1 aliphatic heterocycles. The fourth-order valence-electron chi connectivity index (χ4n) is 5.02. The number of thiazole rings is 1. The van der Waals surface area contributed by atoms with Crippen molar-refractivity contribution in [2.75, 3.05) is 12.3 Å². The molecule has 1 aliphatic carbocycles. The average Bonchev–Trinajstić information content (AvgIpc) is 3.54. The number of nitrogens with two attached hydrogens (primary N) is 1. The second kappa shape index (κ2) is 7.23. The Morgan fingerprint density at radius 1 is 1.25 bits per heavy atom. The third-order valence-corrected chi connectivity index (χ3v) is 7.23. The second-order valence-corrected chi connectivity index (χ2v) is 9.00. The van der Waals surface area contributed by atoms with Gasteiger partial charge in [0.2, 0.25) is 5.91 Å². The van der Waals surface area contributed by atoms with E-state index < -0.39 is 0 Å². The summed E-state index contributed by atoms with van der Waals surface area (Å²) in [5.74, 6) is 0.383. The summed E-state index contributed by atoms with van der Waals surface area (Å²) in [6, 6.07) is 6.16. The summed E-state index contributed by atoms with van der Waals surface area (Å²) in [7, 11) is 0. The van der Waals surface area contributed by atoms with Gasteiger partial charge in [0, 0.05) is 17.8 Å². The van der Waals surface area contributed by atoms with E-state index in [1.165, 1.54) is 18.0 Å². The fraction of sp³-hybridized carbons (Fsp3) is 0.261. The van der Waals surface area contributed by atoms with Crippen molar-refractivity contribution in [2.24, 2.45) is 0 Å². The van der Waals surface area contributed by atoms with Crippen LogP contribution in [0.2, 0.25) is 0 Å². The molecule has 32 heavy (non-hydrogen) atoms. The number of nitrogen functional groups attached to an aromatic ring is 1. The van der Waals surface area contributed by atoms with Gasteiger partial charge < -0.3 is 10.6 Å². The number of fused-ring (bicyclic) bond motifs is 2. The van der Waals surface area contributed by atoms with Gasteiger partial charge in [-0.2, -0.15) is 5.10 Å². The van der Waals surface area contributed by atoms with Crippen molar-refractivity contribution in [1.82, 2.24) is 29.6 Å². The number of carbonyl (C=O) groups excluding carboxylic acids is 1. The number of hydrogen-bond acceptors (Lipinski definition) is 7. The Morgan fingerprint density at radius 2 is 2.16 bits per heavy atom. The van der Waals surface area contributed by atoms with E-state index in [0.717, 1.165) is 70.4 Å². The Balaban J connectivity index is 1.52. The molecule has 0 radical (unpaired) electrons. The lowest BCUT2D eigenvalue weighted by molar-refractivity contribution is -0.124. The Labute approximate surface area is 188 Å². The molecular formula is C23H21N7OS. The quantitative estimate of drug-likeness (QED) is 0.479. The van der Waals surface area contributed by atoms with Crippen molar-refractivity contribution in [2.45, 2.75) is 31.7 Å². The number of rotatable bonds is 3. The zero-order valence-electron chi connectivity index (χ0n) is 17.4. The molecule has 1 aromatic carbocycles. The molecule has 8 nitrogen and oxygen atoms in total. The number of anilines is 1. The van der Waals surface area contributed by atoms with Crippen molar-refractivity contribution < 1.29 is 4.79 Å². The molecule has 1 atom stereocenters. The van der Waals surface area contributed by atoms with Gasteiger partial charge in [0.05, 0.1) is 27.2 Å². The highest BCUT2D eigenvalue weighted by molar-refractivity contribution is 7.16. The van der Waals surface area contributed by atoms with Crippen molar-refractivity contribution in [3.63, 3.8) is 0 Å². The van der Waals surface area contributed by atoms with Crippen LogP contribution < -0.4 is 5.73 Å². The van der Waals surface area contributed by atoms with E-state index in [9.17, 15) is 4.79 Å². The van der Waals surface area contributed by atoms with Gasteiger partial charge in [0.25, 0.3) is 0 Å². The molecule has 0 fully saturated rings. The number of aromatic nitrogens is 5. The Hall–Kier alpha value is -3.59. The van der Waals surface area contributed by atoms with Crippen LogP contribution in [0.25, 0.3) is 32.5 Å². The van der Waals surface area contributed by atoms with Crippen LogP contribution in [0, 0.1) is 0 Å². The van der Waals surface area contributed by atoms with Gasteiger partial charge in [0.1, 0.15) is 17.8 Å². The van der Waals surface area contributed by atoms with E-state index in [1.807, 2.05) is 27.2 Å². The first-order valence-corrected chi connectivity index (χ1v) is 11.5. The summed E-state index contributed by atoms with van der Waals surface area (Å²) in [5.41, 5.74) is 14.0. The third-order valence-electron chi connectivity index (χ3n) is 6.44. The molecule has 6 rings (SSSR count). The molecule has 1 unspecified atom stereocenters. The number of amides is 1. The molecule has 4 heterocycles. The first kappa shape index (κ1) is 19.1. The van der Waals surface area contributed by atoms with E-state index in [1.54, 1.807) is 11.3 Å². The average molecular weight is 444 g/mol. The predicted molar refractivity (Wildman–Crippen MR) is 125 cm³/mol. The molecular weight excluding hydrogens is 422 g/mol. The van der Waals surface area contributed by atoms with Crippen molar-refractivity contribution in [3.8, 4) is 11.3 Å².